The first-order valence-electron chi connectivity index (χ1n) is 6.03. The monoisotopic (exact) mass is 267 g/mol. The molecule has 0 aromatic heterocycles. The quantitative estimate of drug-likeness (QED) is 0.250. The fraction of sp³-hybridized carbons (Fsp3) is 0.462. The Hall–Kier alpha value is -1.36. The minimum Gasteiger partial charge on any atom is -0.409 e. The Balaban J connectivity index is 2.57. The minimum absolute atomic E-state index is 0.279. The first kappa shape index (κ1) is 14.7. The predicted octanol–water partition coefficient (Wildman–Crippen LogP) is 2.38. The van der Waals surface area contributed by atoms with E-state index in [1.54, 1.807) is 0 Å². The summed E-state index contributed by atoms with van der Waals surface area (Å²) in [6.45, 7) is 1.76. The molecule has 0 saturated heterocycles. The SMILES string of the molecule is CSCCCN(CC/C(N)=N/O)c1ccccc1. The Morgan fingerprint density at radius 2 is 2.06 bits per heavy atom. The molecule has 0 fully saturated rings. The van der Waals surface area contributed by atoms with Gasteiger partial charge in [-0.25, -0.2) is 0 Å². The molecule has 3 N–H and O–H groups in total. The Morgan fingerprint density at radius 3 is 2.67 bits per heavy atom. The van der Waals surface area contributed by atoms with Crippen molar-refractivity contribution in [2.45, 2.75) is 12.8 Å². The zero-order valence-corrected chi connectivity index (χ0v) is 11.6. The zero-order valence-electron chi connectivity index (χ0n) is 10.7. The Labute approximate surface area is 113 Å². The molecule has 18 heavy (non-hydrogen) atoms. The van der Waals surface area contributed by atoms with Crippen LogP contribution >= 0.6 is 11.8 Å². The van der Waals surface area contributed by atoms with E-state index in [0.717, 1.165) is 25.3 Å². The molecule has 0 aliphatic carbocycles. The van der Waals surface area contributed by atoms with Crippen molar-refractivity contribution in [1.29, 1.82) is 0 Å². The molecule has 0 amide bonds. The molecule has 1 rings (SSSR count). The summed E-state index contributed by atoms with van der Waals surface area (Å²) in [5.74, 6) is 1.42. The molecule has 0 saturated carbocycles. The largest absolute Gasteiger partial charge is 0.409 e. The minimum atomic E-state index is 0.279. The number of benzene rings is 1. The smallest absolute Gasteiger partial charge is 0.140 e. The molecule has 0 bridgehead atoms. The van der Waals surface area contributed by atoms with Crippen molar-refractivity contribution >= 4 is 23.3 Å². The molecule has 1 aromatic carbocycles. The summed E-state index contributed by atoms with van der Waals surface area (Å²) < 4.78 is 0. The molecule has 0 radical (unpaired) electrons. The molecule has 0 aliphatic heterocycles. The van der Waals surface area contributed by atoms with Crippen molar-refractivity contribution in [3.05, 3.63) is 30.3 Å². The van der Waals surface area contributed by atoms with E-state index in [0.29, 0.717) is 6.42 Å². The lowest BCUT2D eigenvalue weighted by Gasteiger charge is -2.24. The molecule has 4 nitrogen and oxygen atoms in total. The number of thioether (sulfide) groups is 1. The Kier molecular flexibility index (Phi) is 7.10. The molecule has 0 aliphatic rings. The van der Waals surface area contributed by atoms with E-state index < -0.39 is 0 Å². The summed E-state index contributed by atoms with van der Waals surface area (Å²) in [4.78, 5) is 2.27. The van der Waals surface area contributed by atoms with Crippen molar-refractivity contribution in [2.75, 3.05) is 30.0 Å². The molecular weight excluding hydrogens is 246 g/mol. The van der Waals surface area contributed by atoms with E-state index in [4.69, 9.17) is 10.9 Å². The predicted molar refractivity (Wildman–Crippen MR) is 79.7 cm³/mol. The maximum Gasteiger partial charge on any atom is 0.140 e. The highest BCUT2D eigenvalue weighted by atomic mass is 32.2. The van der Waals surface area contributed by atoms with Crippen LogP contribution in [-0.2, 0) is 0 Å². The average molecular weight is 267 g/mol. The van der Waals surface area contributed by atoms with Crippen molar-refractivity contribution in [3.8, 4) is 0 Å². The van der Waals surface area contributed by atoms with E-state index in [-0.39, 0.29) is 5.84 Å². The van der Waals surface area contributed by atoms with Gasteiger partial charge in [-0.2, -0.15) is 11.8 Å². The standard InChI is InChI=1S/C13H21N3OS/c1-18-11-5-9-16(10-8-13(14)15-17)12-6-3-2-4-7-12/h2-4,6-7,17H,5,8-11H2,1H3,(H2,14,15). The van der Waals surface area contributed by atoms with Gasteiger partial charge in [-0.05, 0) is 30.6 Å². The highest BCUT2D eigenvalue weighted by Gasteiger charge is 2.06. The lowest BCUT2D eigenvalue weighted by atomic mass is 10.2. The summed E-state index contributed by atoms with van der Waals surface area (Å²) >= 11 is 1.85. The van der Waals surface area contributed by atoms with Gasteiger partial charge in [-0.15, -0.1) is 0 Å². The van der Waals surface area contributed by atoms with Crippen molar-refractivity contribution in [1.82, 2.24) is 0 Å². The van der Waals surface area contributed by atoms with E-state index in [9.17, 15) is 0 Å². The molecule has 1 aromatic rings. The van der Waals surface area contributed by atoms with Crippen LogP contribution in [0.1, 0.15) is 12.8 Å². The number of hydrogen-bond donors (Lipinski definition) is 2. The Morgan fingerprint density at radius 1 is 1.33 bits per heavy atom. The fourth-order valence-corrected chi connectivity index (χ4v) is 2.13. The van der Waals surface area contributed by atoms with Crippen LogP contribution in [0, 0.1) is 0 Å². The molecule has 0 atom stereocenters. The topological polar surface area (TPSA) is 61.8 Å². The second-order valence-corrected chi connectivity index (χ2v) is 5.00. The number of nitrogens with zero attached hydrogens (tertiary/aromatic N) is 2. The number of para-hydroxylation sites is 1. The maximum absolute atomic E-state index is 8.57. The van der Waals surface area contributed by atoms with Gasteiger partial charge in [-0.1, -0.05) is 23.4 Å². The van der Waals surface area contributed by atoms with Gasteiger partial charge in [-0.3, -0.25) is 0 Å². The van der Waals surface area contributed by atoms with Crippen LogP contribution in [0.3, 0.4) is 0 Å². The lowest BCUT2D eigenvalue weighted by molar-refractivity contribution is 0.317. The van der Waals surface area contributed by atoms with Crippen LogP contribution in [-0.4, -0.2) is 36.1 Å². The molecular formula is C13H21N3OS. The molecule has 0 spiro atoms. The first-order chi connectivity index (χ1) is 8.77. The van der Waals surface area contributed by atoms with Crippen molar-refractivity contribution < 1.29 is 5.21 Å². The third-order valence-electron chi connectivity index (χ3n) is 2.66. The van der Waals surface area contributed by atoms with Gasteiger partial charge < -0.3 is 15.8 Å². The highest BCUT2D eigenvalue weighted by Crippen LogP contribution is 2.14. The van der Waals surface area contributed by atoms with Crippen LogP contribution < -0.4 is 10.6 Å². The van der Waals surface area contributed by atoms with Gasteiger partial charge in [0.25, 0.3) is 0 Å². The van der Waals surface area contributed by atoms with Crippen LogP contribution in [0.5, 0.6) is 0 Å². The fourth-order valence-electron chi connectivity index (χ4n) is 1.71. The van der Waals surface area contributed by atoms with Gasteiger partial charge in [0.15, 0.2) is 0 Å². The van der Waals surface area contributed by atoms with E-state index in [1.807, 2.05) is 30.0 Å². The summed E-state index contributed by atoms with van der Waals surface area (Å²) in [7, 11) is 0. The van der Waals surface area contributed by atoms with E-state index >= 15 is 0 Å². The third kappa shape index (κ3) is 5.31. The first-order valence-corrected chi connectivity index (χ1v) is 7.42. The summed E-state index contributed by atoms with van der Waals surface area (Å²) in [6, 6.07) is 10.2. The molecule has 100 valence electrons. The van der Waals surface area contributed by atoms with Crippen LogP contribution in [0.2, 0.25) is 0 Å². The van der Waals surface area contributed by atoms with Gasteiger partial charge >= 0.3 is 0 Å². The summed E-state index contributed by atoms with van der Waals surface area (Å²) in [6.07, 6.45) is 3.82. The summed E-state index contributed by atoms with van der Waals surface area (Å²) in [5, 5.41) is 11.6. The van der Waals surface area contributed by atoms with E-state index in [2.05, 4.69) is 28.4 Å². The van der Waals surface area contributed by atoms with Crippen LogP contribution in [0.15, 0.2) is 35.5 Å². The number of anilines is 1. The number of rotatable bonds is 8. The van der Waals surface area contributed by atoms with Gasteiger partial charge in [0, 0.05) is 25.2 Å². The second-order valence-electron chi connectivity index (χ2n) is 4.01. The van der Waals surface area contributed by atoms with Gasteiger partial charge in [0.1, 0.15) is 5.84 Å². The lowest BCUT2D eigenvalue weighted by Crippen LogP contribution is -2.29. The number of hydrogen-bond acceptors (Lipinski definition) is 4. The number of oxime groups is 1. The number of nitrogens with two attached hydrogens (primary N) is 1. The van der Waals surface area contributed by atoms with Gasteiger partial charge in [0.05, 0.1) is 0 Å². The van der Waals surface area contributed by atoms with Crippen LogP contribution in [0.4, 0.5) is 5.69 Å². The van der Waals surface area contributed by atoms with Crippen LogP contribution in [0.25, 0.3) is 0 Å². The second kappa shape index (κ2) is 8.69. The molecule has 0 unspecified atom stereocenters. The molecule has 0 heterocycles. The Bertz CT molecular complexity index is 357. The van der Waals surface area contributed by atoms with E-state index in [1.165, 1.54) is 5.69 Å². The molecule has 5 heteroatoms. The highest BCUT2D eigenvalue weighted by molar-refractivity contribution is 7.98. The zero-order chi connectivity index (χ0) is 13.2. The third-order valence-corrected chi connectivity index (χ3v) is 3.36. The van der Waals surface area contributed by atoms with Gasteiger partial charge in [0.2, 0.25) is 0 Å². The van der Waals surface area contributed by atoms with Crippen molar-refractivity contribution in [2.24, 2.45) is 10.9 Å². The van der Waals surface area contributed by atoms with Crippen molar-refractivity contribution in [3.63, 3.8) is 0 Å². The average Bonchev–Trinajstić information content (AvgIpc) is 2.43. The summed E-state index contributed by atoms with van der Waals surface area (Å²) in [5.41, 5.74) is 6.71. The normalized spacial score (nSPS) is 11.5. The maximum atomic E-state index is 8.57. The number of amidine groups is 1.